The van der Waals surface area contributed by atoms with Crippen LogP contribution in [0.2, 0.25) is 0 Å². The van der Waals surface area contributed by atoms with Crippen LogP contribution in [0, 0.1) is 0 Å². The van der Waals surface area contributed by atoms with Crippen LogP contribution < -0.4 is 11.1 Å². The molecule has 0 atom stereocenters. The highest BCUT2D eigenvalue weighted by Crippen LogP contribution is 2.22. The number of fused-ring (bicyclic) bond motifs is 1. The van der Waals surface area contributed by atoms with Crippen molar-refractivity contribution in [3.8, 4) is 0 Å². The molecule has 0 aliphatic rings. The number of nitrogens with one attached hydrogen (secondary N) is 1. The van der Waals surface area contributed by atoms with Crippen LogP contribution in [0.3, 0.4) is 0 Å². The Morgan fingerprint density at radius 2 is 1.95 bits per heavy atom. The minimum atomic E-state index is -0.804. The molecule has 1 heterocycles. The number of hydrogen-bond acceptors (Lipinski definition) is 5. The third kappa shape index (κ3) is 2.84. The molecule has 5 heteroatoms. The topological polar surface area (TPSA) is 91.4 Å². The van der Waals surface area contributed by atoms with E-state index >= 15 is 0 Å². The van der Waals surface area contributed by atoms with E-state index in [0.717, 1.165) is 16.5 Å². The lowest BCUT2D eigenvalue weighted by atomic mass is 10.0. The van der Waals surface area contributed by atoms with Crippen LogP contribution in [0.1, 0.15) is 12.5 Å². The molecule has 0 bridgehead atoms. The lowest BCUT2D eigenvalue weighted by Gasteiger charge is -2.27. The number of aliphatic hydroxyl groups excluding tert-OH is 2. The Morgan fingerprint density at radius 1 is 1.26 bits per heavy atom. The third-order valence-electron chi connectivity index (χ3n) is 3.15. The minimum Gasteiger partial charge on any atom is -0.394 e. The Kier molecular flexibility index (Phi) is 3.99. The molecule has 0 unspecified atom stereocenters. The van der Waals surface area contributed by atoms with Crippen LogP contribution >= 0.6 is 0 Å². The van der Waals surface area contributed by atoms with Gasteiger partial charge in [0.25, 0.3) is 0 Å². The lowest BCUT2D eigenvalue weighted by molar-refractivity contribution is 0.147. The van der Waals surface area contributed by atoms with E-state index in [4.69, 9.17) is 5.73 Å². The molecule has 5 nitrogen and oxygen atoms in total. The van der Waals surface area contributed by atoms with Crippen molar-refractivity contribution in [1.82, 2.24) is 4.98 Å². The molecule has 0 radical (unpaired) electrons. The first kappa shape index (κ1) is 13.7. The van der Waals surface area contributed by atoms with Gasteiger partial charge in [-0.1, -0.05) is 18.2 Å². The second kappa shape index (κ2) is 5.52. The zero-order valence-corrected chi connectivity index (χ0v) is 10.9. The van der Waals surface area contributed by atoms with Crippen molar-refractivity contribution in [2.24, 2.45) is 5.73 Å². The van der Waals surface area contributed by atoms with Gasteiger partial charge in [0.05, 0.1) is 24.3 Å². The van der Waals surface area contributed by atoms with Gasteiger partial charge in [-0.3, -0.25) is 0 Å². The molecule has 2 rings (SSSR count). The van der Waals surface area contributed by atoms with Crippen molar-refractivity contribution >= 4 is 16.7 Å². The summed E-state index contributed by atoms with van der Waals surface area (Å²) in [5.41, 5.74) is 6.77. The average Bonchev–Trinajstić information content (AvgIpc) is 2.46. The fourth-order valence-corrected chi connectivity index (χ4v) is 1.92. The fraction of sp³-hybridized carbons (Fsp3) is 0.357. The van der Waals surface area contributed by atoms with E-state index in [1.54, 1.807) is 6.92 Å². The van der Waals surface area contributed by atoms with E-state index in [1.807, 2.05) is 30.3 Å². The quantitative estimate of drug-likeness (QED) is 0.640. The van der Waals surface area contributed by atoms with Crippen LogP contribution in [0.5, 0.6) is 0 Å². The molecular formula is C14H19N3O2. The molecule has 0 saturated heterocycles. The third-order valence-corrected chi connectivity index (χ3v) is 3.15. The molecule has 0 fully saturated rings. The van der Waals surface area contributed by atoms with Crippen molar-refractivity contribution in [3.63, 3.8) is 0 Å². The van der Waals surface area contributed by atoms with Crippen molar-refractivity contribution in [2.45, 2.75) is 19.0 Å². The molecule has 0 aliphatic carbocycles. The molecule has 0 saturated carbocycles. The van der Waals surface area contributed by atoms with E-state index in [9.17, 15) is 10.2 Å². The van der Waals surface area contributed by atoms with Crippen molar-refractivity contribution in [2.75, 3.05) is 18.5 Å². The Hall–Kier alpha value is -1.69. The van der Waals surface area contributed by atoms with Gasteiger partial charge < -0.3 is 21.3 Å². The Labute approximate surface area is 112 Å². The normalized spacial score (nSPS) is 11.8. The number of nitrogens with zero attached hydrogens (tertiary/aromatic N) is 1. The maximum atomic E-state index is 9.31. The first-order valence-corrected chi connectivity index (χ1v) is 6.20. The summed E-state index contributed by atoms with van der Waals surface area (Å²) in [6, 6.07) is 9.60. The van der Waals surface area contributed by atoms with Crippen molar-refractivity contribution < 1.29 is 10.2 Å². The van der Waals surface area contributed by atoms with Crippen LogP contribution in [0.25, 0.3) is 10.9 Å². The Balaban J connectivity index is 2.45. The number of nitrogens with two attached hydrogens (primary N) is 1. The summed E-state index contributed by atoms with van der Waals surface area (Å²) in [5.74, 6) is 0.602. The van der Waals surface area contributed by atoms with Gasteiger partial charge in [0.2, 0.25) is 0 Å². The Morgan fingerprint density at radius 3 is 2.58 bits per heavy atom. The van der Waals surface area contributed by atoms with E-state index in [2.05, 4.69) is 10.3 Å². The second-order valence-electron chi connectivity index (χ2n) is 4.89. The summed E-state index contributed by atoms with van der Waals surface area (Å²) in [4.78, 5) is 4.48. The SMILES string of the molecule is CC(CO)(CO)Nc1cc(CN)c2ccccc2n1. The van der Waals surface area contributed by atoms with Crippen LogP contribution in [0.15, 0.2) is 30.3 Å². The van der Waals surface area contributed by atoms with Gasteiger partial charge in [-0.05, 0) is 24.6 Å². The molecule has 1 aromatic heterocycles. The van der Waals surface area contributed by atoms with Crippen LogP contribution in [-0.4, -0.2) is 33.9 Å². The number of aromatic nitrogens is 1. The monoisotopic (exact) mass is 261 g/mol. The molecule has 102 valence electrons. The van der Waals surface area contributed by atoms with Gasteiger partial charge in [0, 0.05) is 11.9 Å². The summed E-state index contributed by atoms with van der Waals surface area (Å²) in [6.45, 7) is 1.77. The largest absolute Gasteiger partial charge is 0.394 e. The highest BCUT2D eigenvalue weighted by atomic mass is 16.3. The van der Waals surface area contributed by atoms with E-state index < -0.39 is 5.54 Å². The van der Waals surface area contributed by atoms with Crippen LogP contribution in [-0.2, 0) is 6.54 Å². The predicted octanol–water partition coefficient (Wildman–Crippen LogP) is 0.849. The van der Waals surface area contributed by atoms with Gasteiger partial charge >= 0.3 is 0 Å². The molecule has 0 amide bonds. The molecule has 2 aromatic rings. The van der Waals surface area contributed by atoms with E-state index in [1.165, 1.54) is 0 Å². The summed E-state index contributed by atoms with van der Waals surface area (Å²) in [5, 5.41) is 22.7. The molecule has 0 spiro atoms. The van der Waals surface area contributed by atoms with Crippen molar-refractivity contribution in [1.29, 1.82) is 0 Å². The van der Waals surface area contributed by atoms with E-state index in [-0.39, 0.29) is 13.2 Å². The lowest BCUT2D eigenvalue weighted by Crippen LogP contribution is -2.42. The molecular weight excluding hydrogens is 242 g/mol. The number of anilines is 1. The van der Waals surface area contributed by atoms with Gasteiger partial charge in [-0.2, -0.15) is 0 Å². The Bertz CT molecular complexity index is 568. The number of benzene rings is 1. The highest BCUT2D eigenvalue weighted by Gasteiger charge is 2.22. The molecule has 0 aliphatic heterocycles. The zero-order chi connectivity index (χ0) is 13.9. The molecule has 5 N–H and O–H groups in total. The van der Waals surface area contributed by atoms with Crippen LogP contribution in [0.4, 0.5) is 5.82 Å². The van der Waals surface area contributed by atoms with Gasteiger partial charge in [0.1, 0.15) is 5.82 Å². The van der Waals surface area contributed by atoms with Gasteiger partial charge in [-0.15, -0.1) is 0 Å². The molecule has 19 heavy (non-hydrogen) atoms. The first-order chi connectivity index (χ1) is 9.11. The summed E-state index contributed by atoms with van der Waals surface area (Å²) >= 11 is 0. The highest BCUT2D eigenvalue weighted by molar-refractivity contribution is 5.84. The second-order valence-corrected chi connectivity index (χ2v) is 4.89. The summed E-state index contributed by atoms with van der Waals surface area (Å²) < 4.78 is 0. The minimum absolute atomic E-state index is 0.185. The van der Waals surface area contributed by atoms with Gasteiger partial charge in [0.15, 0.2) is 0 Å². The molecule has 1 aromatic carbocycles. The fourth-order valence-electron chi connectivity index (χ4n) is 1.92. The van der Waals surface area contributed by atoms with Gasteiger partial charge in [-0.25, -0.2) is 4.98 Å². The zero-order valence-electron chi connectivity index (χ0n) is 10.9. The number of para-hydroxylation sites is 1. The maximum Gasteiger partial charge on any atom is 0.127 e. The summed E-state index contributed by atoms with van der Waals surface area (Å²) in [6.07, 6.45) is 0. The number of pyridine rings is 1. The smallest absolute Gasteiger partial charge is 0.127 e. The van der Waals surface area contributed by atoms with Crippen molar-refractivity contribution in [3.05, 3.63) is 35.9 Å². The summed E-state index contributed by atoms with van der Waals surface area (Å²) in [7, 11) is 0. The average molecular weight is 261 g/mol. The number of hydrogen-bond donors (Lipinski definition) is 4. The standard InChI is InChI=1S/C14H19N3O2/c1-14(8-18,9-19)17-13-6-10(7-15)11-4-2-3-5-12(11)16-13/h2-6,18-19H,7-9,15H2,1H3,(H,16,17). The first-order valence-electron chi connectivity index (χ1n) is 6.20. The maximum absolute atomic E-state index is 9.31. The number of aliphatic hydroxyl groups is 2. The predicted molar refractivity (Wildman–Crippen MR) is 75.8 cm³/mol. The van der Waals surface area contributed by atoms with E-state index in [0.29, 0.717) is 12.4 Å². The number of rotatable bonds is 5.